The first-order valence-electron chi connectivity index (χ1n) is 5.68. The Bertz CT molecular complexity index is 520. The van der Waals surface area contributed by atoms with Gasteiger partial charge in [-0.3, -0.25) is 9.78 Å². The van der Waals surface area contributed by atoms with Gasteiger partial charge in [0, 0.05) is 23.3 Å². The Kier molecular flexibility index (Phi) is 4.25. The van der Waals surface area contributed by atoms with Crippen LogP contribution in [0.3, 0.4) is 0 Å². The van der Waals surface area contributed by atoms with Crippen molar-refractivity contribution in [2.45, 2.75) is 13.0 Å². The lowest BCUT2D eigenvalue weighted by molar-refractivity contribution is -0.117. The molecule has 4 heteroatoms. The van der Waals surface area contributed by atoms with E-state index >= 15 is 0 Å². The Labute approximate surface area is 110 Å². The van der Waals surface area contributed by atoms with Crippen molar-refractivity contribution in [3.8, 4) is 0 Å². The Morgan fingerprint density at radius 2 is 2.17 bits per heavy atom. The molecule has 0 aliphatic rings. The quantitative estimate of drug-likeness (QED) is 0.856. The molecule has 92 valence electrons. The molecule has 1 amide bonds. The molecule has 2 aromatic heterocycles. The van der Waals surface area contributed by atoms with E-state index in [0.717, 1.165) is 10.4 Å². The molecule has 0 aliphatic carbocycles. The molecule has 0 spiro atoms. The van der Waals surface area contributed by atoms with Crippen molar-refractivity contribution in [2.75, 3.05) is 0 Å². The largest absolute Gasteiger partial charge is 0.345 e. The topological polar surface area (TPSA) is 42.0 Å². The van der Waals surface area contributed by atoms with Gasteiger partial charge in [-0.05, 0) is 42.1 Å². The van der Waals surface area contributed by atoms with Crippen molar-refractivity contribution in [2.24, 2.45) is 0 Å². The van der Waals surface area contributed by atoms with Gasteiger partial charge in [0.15, 0.2) is 0 Å². The molecule has 2 heterocycles. The van der Waals surface area contributed by atoms with Crippen LogP contribution < -0.4 is 5.32 Å². The van der Waals surface area contributed by atoms with Crippen molar-refractivity contribution in [1.82, 2.24) is 10.3 Å². The third-order valence-electron chi connectivity index (χ3n) is 2.46. The lowest BCUT2D eigenvalue weighted by Crippen LogP contribution is -2.23. The van der Waals surface area contributed by atoms with Gasteiger partial charge in [0.1, 0.15) is 0 Å². The Hall–Kier alpha value is -1.94. The summed E-state index contributed by atoms with van der Waals surface area (Å²) in [5.74, 6) is -0.0901. The fraction of sp³-hybridized carbons (Fsp3) is 0.143. The minimum Gasteiger partial charge on any atom is -0.345 e. The molecule has 0 fully saturated rings. The summed E-state index contributed by atoms with van der Waals surface area (Å²) in [6, 6.07) is 7.75. The predicted octanol–water partition coefficient (Wildman–Crippen LogP) is 3.03. The van der Waals surface area contributed by atoms with Crippen molar-refractivity contribution in [3.05, 3.63) is 58.6 Å². The number of aromatic nitrogens is 1. The summed E-state index contributed by atoms with van der Waals surface area (Å²) in [6.45, 7) is 1.98. The van der Waals surface area contributed by atoms with Gasteiger partial charge in [-0.25, -0.2) is 0 Å². The van der Waals surface area contributed by atoms with Gasteiger partial charge in [-0.2, -0.15) is 0 Å². The third kappa shape index (κ3) is 3.53. The van der Waals surface area contributed by atoms with Gasteiger partial charge < -0.3 is 5.32 Å². The number of pyridine rings is 1. The molecule has 0 aliphatic heterocycles. The molecule has 2 aromatic rings. The fourth-order valence-electron chi connectivity index (χ4n) is 1.52. The molecule has 1 N–H and O–H groups in total. The summed E-state index contributed by atoms with van der Waals surface area (Å²) in [5, 5.41) is 4.93. The number of nitrogens with zero attached hydrogens (tertiary/aromatic N) is 1. The summed E-state index contributed by atoms with van der Waals surface area (Å²) >= 11 is 1.64. The smallest absolute Gasteiger partial charge is 0.244 e. The van der Waals surface area contributed by atoms with Gasteiger partial charge >= 0.3 is 0 Å². The summed E-state index contributed by atoms with van der Waals surface area (Å²) in [6.07, 6.45) is 6.72. The number of carbonyl (C=O) groups excluding carboxylic acids is 1. The van der Waals surface area contributed by atoms with Crippen LogP contribution in [-0.4, -0.2) is 10.9 Å². The zero-order valence-electron chi connectivity index (χ0n) is 10.0. The normalized spacial score (nSPS) is 12.5. The van der Waals surface area contributed by atoms with Crippen LogP contribution in [0.15, 0.2) is 48.1 Å². The molecule has 1 atom stereocenters. The highest BCUT2D eigenvalue weighted by Gasteiger charge is 2.07. The van der Waals surface area contributed by atoms with E-state index in [4.69, 9.17) is 0 Å². The predicted molar refractivity (Wildman–Crippen MR) is 74.1 cm³/mol. The second-order valence-corrected chi connectivity index (χ2v) is 4.84. The summed E-state index contributed by atoms with van der Waals surface area (Å²) in [5.41, 5.74) is 0.962. The third-order valence-corrected chi connectivity index (χ3v) is 3.52. The zero-order valence-corrected chi connectivity index (χ0v) is 10.9. The van der Waals surface area contributed by atoms with Crippen molar-refractivity contribution < 1.29 is 4.79 Å². The van der Waals surface area contributed by atoms with Gasteiger partial charge in [0.2, 0.25) is 5.91 Å². The zero-order chi connectivity index (χ0) is 12.8. The molecular weight excluding hydrogens is 244 g/mol. The number of rotatable bonds is 4. The molecule has 0 saturated heterocycles. The number of hydrogen-bond donors (Lipinski definition) is 1. The highest BCUT2D eigenvalue weighted by atomic mass is 32.1. The SMILES string of the molecule is CC(NC(=O)/C=C/c1ccncc1)c1cccs1. The maximum atomic E-state index is 11.7. The van der Waals surface area contributed by atoms with E-state index in [2.05, 4.69) is 10.3 Å². The summed E-state index contributed by atoms with van der Waals surface area (Å²) in [7, 11) is 0. The van der Waals surface area contributed by atoms with Crippen molar-refractivity contribution >= 4 is 23.3 Å². The second-order valence-electron chi connectivity index (χ2n) is 3.86. The molecular formula is C14H14N2OS. The van der Waals surface area contributed by atoms with Crippen LogP contribution in [0.1, 0.15) is 23.4 Å². The van der Waals surface area contributed by atoms with Gasteiger partial charge in [0.05, 0.1) is 6.04 Å². The molecule has 2 rings (SSSR count). The maximum Gasteiger partial charge on any atom is 0.244 e. The average molecular weight is 258 g/mol. The Balaban J connectivity index is 1.91. The average Bonchev–Trinajstić information content (AvgIpc) is 2.91. The lowest BCUT2D eigenvalue weighted by Gasteiger charge is -2.09. The van der Waals surface area contributed by atoms with E-state index in [9.17, 15) is 4.79 Å². The summed E-state index contributed by atoms with van der Waals surface area (Å²) in [4.78, 5) is 16.8. The Morgan fingerprint density at radius 1 is 1.39 bits per heavy atom. The van der Waals surface area contributed by atoms with Crippen LogP contribution in [0.2, 0.25) is 0 Å². The van der Waals surface area contributed by atoms with Crippen LogP contribution in [0, 0.1) is 0 Å². The number of carbonyl (C=O) groups is 1. The van der Waals surface area contributed by atoms with E-state index in [1.165, 1.54) is 0 Å². The van der Waals surface area contributed by atoms with Crippen LogP contribution >= 0.6 is 11.3 Å². The van der Waals surface area contributed by atoms with Crippen LogP contribution in [-0.2, 0) is 4.79 Å². The first-order chi connectivity index (χ1) is 8.75. The molecule has 18 heavy (non-hydrogen) atoms. The highest BCUT2D eigenvalue weighted by Crippen LogP contribution is 2.17. The molecule has 3 nitrogen and oxygen atoms in total. The van der Waals surface area contributed by atoms with Crippen molar-refractivity contribution in [1.29, 1.82) is 0 Å². The number of thiophene rings is 1. The molecule has 1 unspecified atom stereocenters. The molecule has 0 bridgehead atoms. The van der Waals surface area contributed by atoms with E-state index in [-0.39, 0.29) is 11.9 Å². The van der Waals surface area contributed by atoms with E-state index in [0.29, 0.717) is 0 Å². The van der Waals surface area contributed by atoms with E-state index in [1.807, 2.05) is 36.6 Å². The highest BCUT2D eigenvalue weighted by molar-refractivity contribution is 7.10. The van der Waals surface area contributed by atoms with E-state index < -0.39 is 0 Å². The first kappa shape index (κ1) is 12.5. The second kappa shape index (κ2) is 6.12. The van der Waals surface area contributed by atoms with Gasteiger partial charge in [-0.15, -0.1) is 11.3 Å². The van der Waals surface area contributed by atoms with Gasteiger partial charge in [0.25, 0.3) is 0 Å². The molecule has 0 radical (unpaired) electrons. The van der Waals surface area contributed by atoms with Gasteiger partial charge in [-0.1, -0.05) is 6.07 Å². The molecule has 0 saturated carbocycles. The summed E-state index contributed by atoms with van der Waals surface area (Å²) < 4.78 is 0. The number of nitrogens with one attached hydrogen (secondary N) is 1. The minimum atomic E-state index is -0.0901. The lowest BCUT2D eigenvalue weighted by atomic mass is 10.2. The van der Waals surface area contributed by atoms with Crippen LogP contribution in [0.4, 0.5) is 0 Å². The number of hydrogen-bond acceptors (Lipinski definition) is 3. The molecule has 0 aromatic carbocycles. The minimum absolute atomic E-state index is 0.0413. The monoisotopic (exact) mass is 258 g/mol. The Morgan fingerprint density at radius 3 is 2.83 bits per heavy atom. The van der Waals surface area contributed by atoms with Crippen molar-refractivity contribution in [3.63, 3.8) is 0 Å². The first-order valence-corrected chi connectivity index (χ1v) is 6.55. The maximum absolute atomic E-state index is 11.7. The number of amides is 1. The fourth-order valence-corrected chi connectivity index (χ4v) is 2.25. The van der Waals surface area contributed by atoms with Crippen LogP contribution in [0.25, 0.3) is 6.08 Å². The van der Waals surface area contributed by atoms with E-state index in [1.54, 1.807) is 35.9 Å². The van der Waals surface area contributed by atoms with Crippen LogP contribution in [0.5, 0.6) is 0 Å². The standard InChI is InChI=1S/C14H14N2OS/c1-11(13-3-2-10-18-13)16-14(17)5-4-12-6-8-15-9-7-12/h2-11H,1H3,(H,16,17)/b5-4+.